The summed E-state index contributed by atoms with van der Waals surface area (Å²) < 4.78 is 15.3. The summed E-state index contributed by atoms with van der Waals surface area (Å²) in [5, 5.41) is 3.44. The first-order valence-corrected chi connectivity index (χ1v) is 10.2. The van der Waals surface area contributed by atoms with Gasteiger partial charge in [0, 0.05) is 0 Å². The molecule has 1 aliphatic heterocycles. The van der Waals surface area contributed by atoms with Gasteiger partial charge in [0.05, 0.1) is 0 Å². The molecule has 0 aromatic heterocycles. The number of hydrogen-bond acceptors (Lipinski definition) is 6. The van der Waals surface area contributed by atoms with Gasteiger partial charge >= 0.3 is 169 Å². The van der Waals surface area contributed by atoms with Gasteiger partial charge in [-0.15, -0.1) is 0 Å². The van der Waals surface area contributed by atoms with E-state index in [9.17, 15) is 0 Å². The summed E-state index contributed by atoms with van der Waals surface area (Å²) in [6.07, 6.45) is 0. The van der Waals surface area contributed by atoms with Crippen LogP contribution in [0.4, 0.5) is 11.4 Å². The number of nitrogens with one attached hydrogen (secondary N) is 2. The average Bonchev–Trinajstić information content (AvgIpc) is 3.02. The Balaban J connectivity index is 1.92. The molecule has 4 N–H and O–H groups in total. The number of methoxy groups -OCH3 is 2. The molecule has 2 radical (unpaired) electrons. The summed E-state index contributed by atoms with van der Waals surface area (Å²) in [7, 11) is 3.25. The number of hydrogen-bond donors (Lipinski definition) is 3. The fourth-order valence-electron chi connectivity index (χ4n) is 3.02. The zero-order chi connectivity index (χ0) is 18.9. The molecular weight excluding hydrogens is 404 g/mol. The average molecular weight is 426 g/mol. The van der Waals surface area contributed by atoms with Crippen molar-refractivity contribution >= 4 is 51.7 Å². The molecule has 0 fully saturated rings. The topological polar surface area (TPSA) is 68.5 Å². The predicted molar refractivity (Wildman–Crippen MR) is 112 cm³/mol. The Hall–Kier alpha value is -1.67. The molecule has 1 heterocycles. The van der Waals surface area contributed by atoms with Crippen molar-refractivity contribution in [2.75, 3.05) is 30.8 Å². The monoisotopic (exact) mass is 425 g/mol. The Morgan fingerprint density at radius 2 is 2.00 bits per heavy atom. The van der Waals surface area contributed by atoms with Crippen LogP contribution in [0.3, 0.4) is 0 Å². The number of fused-ring (bicyclic) bond motifs is 1. The van der Waals surface area contributed by atoms with Gasteiger partial charge in [-0.25, -0.2) is 0 Å². The fraction of sp³-hybridized carbons (Fsp3) is 0.263. The molecule has 5 nitrogen and oxygen atoms in total. The quantitative estimate of drug-likeness (QED) is 0.488. The van der Waals surface area contributed by atoms with Gasteiger partial charge in [0.2, 0.25) is 0 Å². The summed E-state index contributed by atoms with van der Waals surface area (Å²) in [4.78, 5) is 0. The van der Waals surface area contributed by atoms with Crippen LogP contribution in [0.1, 0.15) is 18.1 Å². The number of anilines is 2. The Labute approximate surface area is 168 Å². The summed E-state index contributed by atoms with van der Waals surface area (Å²) in [6, 6.07) is 9.98. The van der Waals surface area contributed by atoms with Crippen molar-refractivity contribution < 1.29 is 9.47 Å². The van der Waals surface area contributed by atoms with E-state index < -0.39 is 0 Å². The molecular formula is C19H22GaN3O2S. The molecule has 26 heavy (non-hydrogen) atoms. The van der Waals surface area contributed by atoms with E-state index in [-0.39, 0.29) is 4.75 Å². The summed E-state index contributed by atoms with van der Waals surface area (Å²) >= 11 is 3.27. The first kappa shape index (κ1) is 19.1. The van der Waals surface area contributed by atoms with Crippen molar-refractivity contribution in [3.05, 3.63) is 48.0 Å². The molecule has 1 atom stereocenters. The molecule has 0 bridgehead atoms. The first-order chi connectivity index (χ1) is 12.4. The van der Waals surface area contributed by atoms with Gasteiger partial charge < -0.3 is 0 Å². The third-order valence-corrected chi connectivity index (χ3v) is 6.69. The van der Waals surface area contributed by atoms with Gasteiger partial charge in [-0.1, -0.05) is 0 Å². The second-order valence-corrected chi connectivity index (χ2v) is 8.88. The zero-order valence-electron chi connectivity index (χ0n) is 15.2. The van der Waals surface area contributed by atoms with E-state index >= 15 is 0 Å². The molecule has 2 aromatic carbocycles. The molecule has 1 unspecified atom stereocenters. The van der Waals surface area contributed by atoms with Crippen LogP contribution in [-0.4, -0.2) is 39.4 Å². The molecule has 0 saturated carbocycles. The minimum atomic E-state index is -0.122. The van der Waals surface area contributed by atoms with Crippen molar-refractivity contribution in [3.8, 4) is 11.5 Å². The number of ether oxygens (including phenoxy) is 2. The van der Waals surface area contributed by atoms with E-state index in [1.54, 1.807) is 44.8 Å². The third kappa shape index (κ3) is 3.32. The zero-order valence-corrected chi connectivity index (χ0v) is 18.4. The number of rotatable bonds is 6. The SMILES string of the molecule is C=C(Nc1cc[c]([Ga])c2c1NSC2(C)CN)c1ccc(OC)c(OC)c1. The van der Waals surface area contributed by atoms with Crippen LogP contribution in [-0.2, 0) is 4.75 Å². The maximum absolute atomic E-state index is 6.04. The molecule has 0 spiro atoms. The maximum atomic E-state index is 6.04. The summed E-state index contributed by atoms with van der Waals surface area (Å²) in [6.45, 7) is 6.94. The van der Waals surface area contributed by atoms with Crippen LogP contribution >= 0.6 is 11.9 Å². The third-order valence-electron chi connectivity index (χ3n) is 4.55. The van der Waals surface area contributed by atoms with E-state index in [1.165, 1.54) is 9.68 Å². The van der Waals surface area contributed by atoms with Crippen LogP contribution in [0, 0.1) is 0 Å². The van der Waals surface area contributed by atoms with Gasteiger partial charge in [0.15, 0.2) is 0 Å². The van der Waals surface area contributed by atoms with Gasteiger partial charge in [0.25, 0.3) is 0 Å². The molecule has 7 heteroatoms. The predicted octanol–water partition coefficient (Wildman–Crippen LogP) is 2.83. The van der Waals surface area contributed by atoms with Crippen molar-refractivity contribution in [2.24, 2.45) is 5.73 Å². The van der Waals surface area contributed by atoms with Crippen LogP contribution < -0.4 is 29.4 Å². The van der Waals surface area contributed by atoms with E-state index in [1.807, 2.05) is 18.2 Å². The standard InChI is InChI=1S/C19H22N3O2S.Ga/c1-12(13-8-9-16(23-3)17(10-13)24-4)21-15-7-5-6-14-18(15)22-25-19(14,2)11-20;/h5,7-10,21-22H,1,11,20H2,2-4H3;. The fourth-order valence-corrected chi connectivity index (χ4v) is 5.35. The number of nitrogens with two attached hydrogens (primary N) is 1. The van der Waals surface area contributed by atoms with Crippen LogP contribution in [0.25, 0.3) is 5.70 Å². The van der Waals surface area contributed by atoms with Crippen molar-refractivity contribution in [1.82, 2.24) is 0 Å². The Morgan fingerprint density at radius 3 is 2.65 bits per heavy atom. The second-order valence-electron chi connectivity index (χ2n) is 6.26. The molecule has 0 saturated heterocycles. The molecule has 0 aliphatic carbocycles. The Bertz CT molecular complexity index is 859. The molecule has 0 amide bonds. The van der Waals surface area contributed by atoms with E-state index in [4.69, 9.17) is 15.2 Å². The summed E-state index contributed by atoms with van der Waals surface area (Å²) in [5.74, 6) is 1.37. The van der Waals surface area contributed by atoms with E-state index in [0.29, 0.717) is 18.0 Å². The van der Waals surface area contributed by atoms with Gasteiger partial charge in [0.1, 0.15) is 0 Å². The second kappa shape index (κ2) is 7.52. The molecule has 3 rings (SSSR count). The van der Waals surface area contributed by atoms with Crippen molar-refractivity contribution in [2.45, 2.75) is 11.7 Å². The van der Waals surface area contributed by atoms with Crippen molar-refractivity contribution in [3.63, 3.8) is 0 Å². The normalized spacial score (nSPS) is 18.0. The van der Waals surface area contributed by atoms with Crippen LogP contribution in [0.2, 0.25) is 0 Å². The first-order valence-electron chi connectivity index (χ1n) is 8.19. The van der Waals surface area contributed by atoms with Gasteiger partial charge in [-0.05, 0) is 0 Å². The number of benzene rings is 2. The van der Waals surface area contributed by atoms with Crippen LogP contribution in [0.15, 0.2) is 36.9 Å². The summed E-state index contributed by atoms with van der Waals surface area (Å²) in [5.41, 5.74) is 11.1. The van der Waals surface area contributed by atoms with Gasteiger partial charge in [-0.2, -0.15) is 0 Å². The molecule has 134 valence electrons. The Kier molecular flexibility index (Phi) is 5.52. The van der Waals surface area contributed by atoms with Gasteiger partial charge in [-0.3, -0.25) is 0 Å². The van der Waals surface area contributed by atoms with E-state index in [0.717, 1.165) is 22.6 Å². The van der Waals surface area contributed by atoms with Crippen LogP contribution in [0.5, 0.6) is 11.5 Å². The van der Waals surface area contributed by atoms with E-state index in [2.05, 4.69) is 35.7 Å². The molecule has 2 aromatic rings. The molecule has 1 aliphatic rings. The van der Waals surface area contributed by atoms with Crippen molar-refractivity contribution in [1.29, 1.82) is 0 Å². The Morgan fingerprint density at radius 1 is 1.27 bits per heavy atom. The minimum absolute atomic E-state index is 0.122.